The van der Waals surface area contributed by atoms with Crippen LogP contribution in [0, 0.1) is 0 Å². The highest BCUT2D eigenvalue weighted by molar-refractivity contribution is 5.91. The van der Waals surface area contributed by atoms with Crippen LogP contribution in [0.2, 0.25) is 0 Å². The third-order valence-corrected chi connectivity index (χ3v) is 3.97. The van der Waals surface area contributed by atoms with Gasteiger partial charge in [-0.05, 0) is 26.3 Å². The predicted molar refractivity (Wildman–Crippen MR) is 73.2 cm³/mol. The van der Waals surface area contributed by atoms with Crippen LogP contribution in [0.1, 0.15) is 55.3 Å². The highest BCUT2D eigenvalue weighted by Crippen LogP contribution is 2.20. The van der Waals surface area contributed by atoms with Crippen molar-refractivity contribution in [3.05, 3.63) is 17.5 Å². The molecular weight excluding hydrogens is 242 g/mol. The highest BCUT2D eigenvalue weighted by Gasteiger charge is 2.26. The Labute approximate surface area is 114 Å². The molecule has 1 aromatic rings. The first kappa shape index (κ1) is 14.1. The number of carbonyl (C=O) groups excluding carboxylic acids is 1. The number of likely N-dealkylation sites (N-methyl/N-ethyl adjacent to an activating group) is 1. The van der Waals surface area contributed by atoms with Gasteiger partial charge in [-0.25, -0.2) is 0 Å². The van der Waals surface area contributed by atoms with Gasteiger partial charge in [0.15, 0.2) is 0 Å². The minimum Gasteiger partial charge on any atom is -0.351 e. The molecule has 1 aromatic heterocycles. The van der Waals surface area contributed by atoms with E-state index < -0.39 is 0 Å². The number of hydrogen-bond acceptors (Lipinski definition) is 4. The molecule has 2 rings (SSSR count). The Morgan fingerprint density at radius 2 is 2.47 bits per heavy atom. The molecule has 1 amide bonds. The molecule has 19 heavy (non-hydrogen) atoms. The smallest absolute Gasteiger partial charge is 0.292 e. The van der Waals surface area contributed by atoms with E-state index in [1.165, 1.54) is 0 Å². The van der Waals surface area contributed by atoms with Crippen LogP contribution in [0.15, 0.2) is 10.6 Å². The van der Waals surface area contributed by atoms with Crippen LogP contribution in [0.3, 0.4) is 0 Å². The number of nitrogens with one attached hydrogen (secondary N) is 1. The standard InChI is InChI=1S/C14H23N3O2/c1-4-10(2)12-8-13(19-16-12)14(18)17-7-5-6-11(9-17)15-3/h8,10-11,15H,4-7,9H2,1-3H3/t10-,11-/m0/s1. The molecule has 5 heteroatoms. The van der Waals surface area contributed by atoms with Crippen LogP contribution in [0.25, 0.3) is 0 Å². The normalized spacial score (nSPS) is 21.4. The van der Waals surface area contributed by atoms with E-state index >= 15 is 0 Å². The number of likely N-dealkylation sites (tertiary alicyclic amines) is 1. The van der Waals surface area contributed by atoms with Crippen molar-refractivity contribution in [1.82, 2.24) is 15.4 Å². The zero-order chi connectivity index (χ0) is 13.8. The Bertz CT molecular complexity index is 430. The van der Waals surface area contributed by atoms with Gasteiger partial charge in [-0.15, -0.1) is 0 Å². The number of amides is 1. The number of rotatable bonds is 4. The summed E-state index contributed by atoms with van der Waals surface area (Å²) < 4.78 is 5.21. The van der Waals surface area contributed by atoms with Crippen LogP contribution in [-0.2, 0) is 0 Å². The average molecular weight is 265 g/mol. The maximum Gasteiger partial charge on any atom is 0.292 e. The third-order valence-electron chi connectivity index (χ3n) is 3.97. The Morgan fingerprint density at radius 1 is 1.68 bits per heavy atom. The van der Waals surface area contributed by atoms with Gasteiger partial charge in [0.1, 0.15) is 0 Å². The van der Waals surface area contributed by atoms with Gasteiger partial charge >= 0.3 is 0 Å². The van der Waals surface area contributed by atoms with E-state index in [1.54, 1.807) is 6.07 Å². The lowest BCUT2D eigenvalue weighted by molar-refractivity contribution is 0.0656. The van der Waals surface area contributed by atoms with Crippen molar-refractivity contribution in [3.63, 3.8) is 0 Å². The van der Waals surface area contributed by atoms with Crippen molar-refractivity contribution in [3.8, 4) is 0 Å². The number of carbonyl (C=O) groups is 1. The topological polar surface area (TPSA) is 58.4 Å². The molecule has 2 atom stereocenters. The Balaban J connectivity index is 2.04. The molecule has 1 aliphatic heterocycles. The van der Waals surface area contributed by atoms with Gasteiger partial charge in [0, 0.05) is 31.1 Å². The molecule has 106 valence electrons. The Kier molecular flexibility index (Phi) is 4.58. The lowest BCUT2D eigenvalue weighted by Crippen LogP contribution is -2.46. The van der Waals surface area contributed by atoms with Gasteiger partial charge in [-0.3, -0.25) is 4.79 Å². The molecule has 1 fully saturated rings. The lowest BCUT2D eigenvalue weighted by Gasteiger charge is -2.31. The second-order valence-corrected chi connectivity index (χ2v) is 5.30. The molecule has 0 saturated carbocycles. The van der Waals surface area contributed by atoms with E-state index in [-0.39, 0.29) is 5.91 Å². The quantitative estimate of drug-likeness (QED) is 0.904. The molecule has 0 bridgehead atoms. The summed E-state index contributed by atoms with van der Waals surface area (Å²) in [6.07, 6.45) is 3.14. The van der Waals surface area contributed by atoms with Crippen LogP contribution >= 0.6 is 0 Å². The fraction of sp³-hybridized carbons (Fsp3) is 0.714. The van der Waals surface area contributed by atoms with Crippen molar-refractivity contribution < 1.29 is 9.32 Å². The van der Waals surface area contributed by atoms with E-state index in [1.807, 2.05) is 11.9 Å². The summed E-state index contributed by atoms with van der Waals surface area (Å²) in [5.74, 6) is 0.658. The largest absolute Gasteiger partial charge is 0.351 e. The molecule has 1 aliphatic rings. The van der Waals surface area contributed by atoms with Gasteiger partial charge in [0.05, 0.1) is 5.69 Å². The second-order valence-electron chi connectivity index (χ2n) is 5.30. The molecular formula is C14H23N3O2. The molecule has 0 spiro atoms. The van der Waals surface area contributed by atoms with E-state index in [0.29, 0.717) is 17.7 Å². The van der Waals surface area contributed by atoms with Crippen LogP contribution in [-0.4, -0.2) is 42.1 Å². The molecule has 0 aromatic carbocycles. The summed E-state index contributed by atoms with van der Waals surface area (Å²) in [5, 5.41) is 7.24. The fourth-order valence-corrected chi connectivity index (χ4v) is 2.38. The van der Waals surface area contributed by atoms with Gasteiger partial charge < -0.3 is 14.7 Å². The van der Waals surface area contributed by atoms with Crippen LogP contribution in [0.4, 0.5) is 0 Å². The molecule has 0 aliphatic carbocycles. The summed E-state index contributed by atoms with van der Waals surface area (Å²) in [4.78, 5) is 14.2. The number of piperidine rings is 1. The van der Waals surface area contributed by atoms with Crippen molar-refractivity contribution in [2.45, 2.75) is 45.1 Å². The Hall–Kier alpha value is -1.36. The fourth-order valence-electron chi connectivity index (χ4n) is 2.38. The van der Waals surface area contributed by atoms with Crippen molar-refractivity contribution in [1.29, 1.82) is 0 Å². The molecule has 0 unspecified atom stereocenters. The van der Waals surface area contributed by atoms with E-state index in [2.05, 4.69) is 24.3 Å². The second kappa shape index (κ2) is 6.19. The van der Waals surface area contributed by atoms with Crippen LogP contribution < -0.4 is 5.32 Å². The van der Waals surface area contributed by atoms with E-state index in [4.69, 9.17) is 4.52 Å². The average Bonchev–Trinajstić information content (AvgIpc) is 2.95. The minimum atomic E-state index is -0.0398. The van der Waals surface area contributed by atoms with Gasteiger partial charge in [0.25, 0.3) is 5.91 Å². The summed E-state index contributed by atoms with van der Waals surface area (Å²) >= 11 is 0. The maximum absolute atomic E-state index is 12.3. The first-order valence-corrected chi connectivity index (χ1v) is 7.08. The Morgan fingerprint density at radius 3 is 3.16 bits per heavy atom. The highest BCUT2D eigenvalue weighted by atomic mass is 16.5. The molecule has 1 N–H and O–H groups in total. The summed E-state index contributed by atoms with van der Waals surface area (Å²) in [7, 11) is 1.94. The molecule has 1 saturated heterocycles. The first-order valence-electron chi connectivity index (χ1n) is 7.08. The first-order chi connectivity index (χ1) is 9.15. The molecule has 5 nitrogen and oxygen atoms in total. The predicted octanol–water partition coefficient (Wildman–Crippen LogP) is 2.01. The number of hydrogen-bond donors (Lipinski definition) is 1. The van der Waals surface area contributed by atoms with E-state index in [0.717, 1.165) is 38.0 Å². The number of aromatic nitrogens is 1. The third kappa shape index (κ3) is 3.15. The SMILES string of the molecule is CC[C@H](C)c1cc(C(=O)N2CCC[C@H](NC)C2)on1. The molecule has 2 heterocycles. The minimum absolute atomic E-state index is 0.0398. The monoisotopic (exact) mass is 265 g/mol. The zero-order valence-electron chi connectivity index (χ0n) is 12.0. The molecule has 0 radical (unpaired) electrons. The summed E-state index contributed by atoms with van der Waals surface area (Å²) in [6, 6.07) is 2.18. The van der Waals surface area contributed by atoms with Crippen LogP contribution in [0.5, 0.6) is 0 Å². The van der Waals surface area contributed by atoms with Crippen molar-refractivity contribution in [2.75, 3.05) is 20.1 Å². The van der Waals surface area contributed by atoms with Crippen molar-refractivity contribution >= 4 is 5.91 Å². The lowest BCUT2D eigenvalue weighted by atomic mass is 10.0. The summed E-state index contributed by atoms with van der Waals surface area (Å²) in [5.41, 5.74) is 0.869. The summed E-state index contributed by atoms with van der Waals surface area (Å²) in [6.45, 7) is 5.73. The van der Waals surface area contributed by atoms with Gasteiger partial charge in [0.2, 0.25) is 5.76 Å². The van der Waals surface area contributed by atoms with Crippen molar-refractivity contribution in [2.24, 2.45) is 0 Å². The maximum atomic E-state index is 12.3. The van der Waals surface area contributed by atoms with E-state index in [9.17, 15) is 4.79 Å². The number of nitrogens with zero attached hydrogens (tertiary/aromatic N) is 2. The van der Waals surface area contributed by atoms with Gasteiger partial charge in [-0.2, -0.15) is 0 Å². The zero-order valence-corrected chi connectivity index (χ0v) is 12.0. The van der Waals surface area contributed by atoms with Gasteiger partial charge in [-0.1, -0.05) is 19.0 Å².